The van der Waals surface area contributed by atoms with Crippen LogP contribution in [0.3, 0.4) is 0 Å². The van der Waals surface area contributed by atoms with Crippen molar-refractivity contribution in [1.82, 2.24) is 14.6 Å². The average Bonchev–Trinajstić information content (AvgIpc) is 3.29. The van der Waals surface area contributed by atoms with Crippen molar-refractivity contribution in [2.24, 2.45) is 5.92 Å². The molecule has 4 rings (SSSR count). The Morgan fingerprint density at radius 3 is 2.71 bits per heavy atom. The lowest BCUT2D eigenvalue weighted by Gasteiger charge is -2.38. The number of H-pyrrole nitrogens is 1. The summed E-state index contributed by atoms with van der Waals surface area (Å²) in [5.41, 5.74) is -1.84. The van der Waals surface area contributed by atoms with Gasteiger partial charge in [0.15, 0.2) is 13.9 Å². The summed E-state index contributed by atoms with van der Waals surface area (Å²) in [4.78, 5) is 27.0. The number of hydrogen-bond donors (Lipinski definition) is 2. The predicted octanol–water partition coefficient (Wildman–Crippen LogP) is 5.60. The quantitative estimate of drug-likeness (QED) is 0.237. The second-order valence-electron chi connectivity index (χ2n) is 13.0. The summed E-state index contributed by atoms with van der Waals surface area (Å²) < 4.78 is 21.2. The topological polar surface area (TPSA) is 94.6 Å². The van der Waals surface area contributed by atoms with E-state index in [1.807, 2.05) is 0 Å². The van der Waals surface area contributed by atoms with Gasteiger partial charge < -0.3 is 13.7 Å². The van der Waals surface area contributed by atoms with Crippen LogP contribution >= 0.6 is 17.0 Å². The van der Waals surface area contributed by atoms with Gasteiger partial charge in [0.05, 0.1) is 18.3 Å². The standard InChI is InChI=1S/C26H44N3O5PS2Si/c1-16(2)18-10-11-26(7)21(12-18)37-35(36,34-26)28-19-13-22(29-14-17(3)23(30)27-24(29)31)33-20(19)15-32-38(8,9)25(4,5)6/h14,18-22H,1,10-13,15H2,2-9H3,(H,28,36)(H,27,30,31)/t18-,19-,20+,21+,22+,26+,35-/m0/s1. The Morgan fingerprint density at radius 2 is 2.08 bits per heavy atom. The molecule has 0 radical (unpaired) electrons. The summed E-state index contributed by atoms with van der Waals surface area (Å²) in [5, 5.41) is 4.09. The van der Waals surface area contributed by atoms with Crippen LogP contribution < -0.4 is 16.3 Å². The lowest BCUT2D eigenvalue weighted by molar-refractivity contribution is -0.0257. The summed E-state index contributed by atoms with van der Waals surface area (Å²) >= 11 is 7.98. The molecule has 3 aliphatic rings. The van der Waals surface area contributed by atoms with Gasteiger partial charge in [0.2, 0.25) is 0 Å². The van der Waals surface area contributed by atoms with Crippen LogP contribution in [0.1, 0.15) is 72.1 Å². The molecule has 0 aromatic carbocycles. The van der Waals surface area contributed by atoms with E-state index in [0.29, 0.717) is 29.8 Å². The average molecular weight is 602 g/mol. The first kappa shape index (κ1) is 30.4. The maximum Gasteiger partial charge on any atom is 0.330 e. The largest absolute Gasteiger partial charge is 0.414 e. The van der Waals surface area contributed by atoms with Crippen LogP contribution in [-0.2, 0) is 25.5 Å². The van der Waals surface area contributed by atoms with Gasteiger partial charge in [0, 0.05) is 29.5 Å². The minimum atomic E-state index is -2.43. The molecular formula is C26H44N3O5PS2Si. The van der Waals surface area contributed by atoms with Crippen LogP contribution in [0.4, 0.5) is 0 Å². The molecule has 1 aromatic rings. The Kier molecular flexibility index (Phi) is 8.58. The summed E-state index contributed by atoms with van der Waals surface area (Å²) in [6, 6.07) is -0.150. The lowest BCUT2D eigenvalue weighted by atomic mass is 9.77. The van der Waals surface area contributed by atoms with E-state index < -0.39 is 25.9 Å². The van der Waals surface area contributed by atoms with Crippen LogP contribution in [0.25, 0.3) is 0 Å². The van der Waals surface area contributed by atoms with Crippen LogP contribution in [-0.4, -0.2) is 47.5 Å². The maximum absolute atomic E-state index is 12.7. The van der Waals surface area contributed by atoms with Gasteiger partial charge in [-0.3, -0.25) is 19.4 Å². The summed E-state index contributed by atoms with van der Waals surface area (Å²) in [6.45, 7) is 21.7. The Balaban J connectivity index is 1.57. The molecule has 0 unspecified atom stereocenters. The van der Waals surface area contributed by atoms with Gasteiger partial charge in [0.1, 0.15) is 6.23 Å². The lowest BCUT2D eigenvalue weighted by Crippen LogP contribution is -2.45. The Hall–Kier alpha value is -0.523. The number of fused-ring (bicyclic) bond motifs is 1. The van der Waals surface area contributed by atoms with Gasteiger partial charge in [-0.05, 0) is 75.9 Å². The molecule has 0 bridgehead atoms. The van der Waals surface area contributed by atoms with Gasteiger partial charge in [0.25, 0.3) is 5.56 Å². The molecule has 3 fully saturated rings. The number of aromatic nitrogens is 2. The van der Waals surface area contributed by atoms with Gasteiger partial charge >= 0.3 is 5.69 Å². The highest BCUT2D eigenvalue weighted by molar-refractivity contribution is 8.69. The fraction of sp³-hybridized carbons (Fsp3) is 0.769. The molecule has 12 heteroatoms. The number of ether oxygens (including phenoxy) is 1. The minimum Gasteiger partial charge on any atom is -0.414 e. The van der Waals surface area contributed by atoms with Crippen LogP contribution in [0.15, 0.2) is 27.9 Å². The van der Waals surface area contributed by atoms with Crippen molar-refractivity contribution < 1.29 is 13.7 Å². The summed E-state index contributed by atoms with van der Waals surface area (Å²) in [7, 11) is -2.03. The molecule has 2 saturated heterocycles. The van der Waals surface area contributed by atoms with Crippen molar-refractivity contribution in [2.75, 3.05) is 6.61 Å². The number of nitrogens with one attached hydrogen (secondary N) is 2. The molecule has 214 valence electrons. The van der Waals surface area contributed by atoms with Crippen LogP contribution in [0, 0.1) is 12.8 Å². The molecule has 1 saturated carbocycles. The highest BCUT2D eigenvalue weighted by Crippen LogP contribution is 2.72. The smallest absolute Gasteiger partial charge is 0.330 e. The van der Waals surface area contributed by atoms with Crippen LogP contribution in [0.5, 0.6) is 0 Å². The fourth-order valence-electron chi connectivity index (χ4n) is 5.18. The number of rotatable bonds is 7. The van der Waals surface area contributed by atoms with Gasteiger partial charge in [-0.2, -0.15) is 0 Å². The zero-order chi connectivity index (χ0) is 28.3. The number of aromatic amines is 1. The Labute approximate surface area is 236 Å². The van der Waals surface area contributed by atoms with E-state index >= 15 is 0 Å². The highest BCUT2D eigenvalue weighted by Gasteiger charge is 2.54. The van der Waals surface area contributed by atoms with Crippen molar-refractivity contribution in [3.8, 4) is 0 Å². The van der Waals surface area contributed by atoms with Gasteiger partial charge in [-0.15, -0.1) is 0 Å². The number of allylic oxidation sites excluding steroid dienone is 1. The number of aryl methyl sites for hydroxylation is 1. The van der Waals surface area contributed by atoms with Crippen molar-refractivity contribution in [3.05, 3.63) is 44.8 Å². The zero-order valence-corrected chi connectivity index (χ0v) is 27.5. The SMILES string of the molecule is C=C(C)[C@H]1CC[C@@]2(C)O[P@](=S)(N[C@H]3C[C@H](n4cc(C)c(=O)[nH]c4=O)O[C@@H]3CO[Si](C)(C)C(C)(C)C)S[C@@H]2C1. The third-order valence-electron chi connectivity index (χ3n) is 8.89. The monoisotopic (exact) mass is 601 g/mol. The normalized spacial score (nSPS) is 35.8. The van der Waals surface area contributed by atoms with Crippen molar-refractivity contribution in [1.29, 1.82) is 0 Å². The molecule has 3 heterocycles. The second kappa shape index (κ2) is 10.7. The van der Waals surface area contributed by atoms with Crippen molar-refractivity contribution in [3.63, 3.8) is 0 Å². The maximum atomic E-state index is 12.7. The number of nitrogens with zero attached hydrogens (tertiary/aromatic N) is 1. The van der Waals surface area contributed by atoms with E-state index in [9.17, 15) is 9.59 Å². The molecule has 2 N–H and O–H groups in total. The fourth-order valence-corrected chi connectivity index (χ4v) is 13.9. The van der Waals surface area contributed by atoms with E-state index in [0.717, 1.165) is 19.3 Å². The van der Waals surface area contributed by atoms with Crippen LogP contribution in [0.2, 0.25) is 18.1 Å². The zero-order valence-electron chi connectivity index (χ0n) is 24.0. The molecule has 1 aliphatic carbocycles. The predicted molar refractivity (Wildman–Crippen MR) is 162 cm³/mol. The third kappa shape index (κ3) is 6.20. The third-order valence-corrected chi connectivity index (χ3v) is 19.4. The molecule has 2 aliphatic heterocycles. The first-order valence-corrected chi connectivity index (χ1v) is 20.6. The molecule has 8 nitrogen and oxygen atoms in total. The molecule has 38 heavy (non-hydrogen) atoms. The first-order valence-electron chi connectivity index (χ1n) is 13.5. The molecular weight excluding hydrogens is 557 g/mol. The summed E-state index contributed by atoms with van der Waals surface area (Å²) in [6.07, 6.45) is 4.33. The summed E-state index contributed by atoms with van der Waals surface area (Å²) in [5.74, 6) is 0.506. The number of hydrogen-bond acceptors (Lipinski definition) is 7. The highest BCUT2D eigenvalue weighted by atomic mass is 32.9. The van der Waals surface area contributed by atoms with E-state index in [4.69, 9.17) is 25.5 Å². The van der Waals surface area contributed by atoms with E-state index in [1.165, 1.54) is 10.1 Å². The van der Waals surface area contributed by atoms with Crippen molar-refractivity contribution in [2.45, 2.75) is 115 Å². The van der Waals surface area contributed by atoms with E-state index in [2.05, 4.69) is 64.4 Å². The molecule has 1 aromatic heterocycles. The second-order valence-corrected chi connectivity index (χ2v) is 24.4. The van der Waals surface area contributed by atoms with E-state index in [1.54, 1.807) is 24.5 Å². The van der Waals surface area contributed by atoms with Crippen molar-refractivity contribution >= 4 is 37.1 Å². The Morgan fingerprint density at radius 1 is 1.39 bits per heavy atom. The first-order chi connectivity index (χ1) is 17.4. The molecule has 0 amide bonds. The minimum absolute atomic E-state index is 0.0572. The van der Waals surface area contributed by atoms with E-state index in [-0.39, 0.29) is 28.3 Å². The molecule has 7 atom stereocenters. The van der Waals surface area contributed by atoms with Gasteiger partial charge in [-0.25, -0.2) is 4.79 Å². The van der Waals surface area contributed by atoms with Gasteiger partial charge in [-0.1, -0.05) is 44.3 Å². The Bertz CT molecular complexity index is 1240. The molecule has 0 spiro atoms.